The first-order chi connectivity index (χ1) is 9.08. The van der Waals surface area contributed by atoms with Crippen molar-refractivity contribution < 1.29 is 19.1 Å². The highest BCUT2D eigenvalue weighted by Crippen LogP contribution is 2.18. The third-order valence-corrected chi connectivity index (χ3v) is 2.34. The van der Waals surface area contributed by atoms with Gasteiger partial charge in [0.05, 0.1) is 12.3 Å². The van der Waals surface area contributed by atoms with Crippen molar-refractivity contribution in [2.75, 3.05) is 11.9 Å². The van der Waals surface area contributed by atoms with E-state index in [0.29, 0.717) is 17.5 Å². The van der Waals surface area contributed by atoms with Crippen LogP contribution >= 0.6 is 0 Å². The lowest BCUT2D eigenvalue weighted by Gasteiger charge is -2.08. The van der Waals surface area contributed by atoms with Gasteiger partial charge in [0.2, 0.25) is 5.91 Å². The molecule has 1 amide bonds. The lowest BCUT2D eigenvalue weighted by molar-refractivity contribution is -0.137. The monoisotopic (exact) mass is 261 g/mol. The second-order valence-electron chi connectivity index (χ2n) is 3.73. The van der Waals surface area contributed by atoms with Gasteiger partial charge in [0.1, 0.15) is 0 Å². The van der Waals surface area contributed by atoms with Crippen LogP contribution in [0.5, 0.6) is 0 Å². The molecule has 0 spiro atoms. The van der Waals surface area contributed by atoms with Gasteiger partial charge in [-0.15, -0.1) is 0 Å². The second-order valence-corrected chi connectivity index (χ2v) is 3.73. The van der Waals surface area contributed by atoms with E-state index in [-0.39, 0.29) is 6.61 Å². The number of rotatable bonds is 5. The number of carbonyl (C=O) groups is 3. The number of nitrogens with one attached hydrogen (secondary N) is 1. The van der Waals surface area contributed by atoms with Crippen LogP contribution in [-0.2, 0) is 14.3 Å². The second kappa shape index (κ2) is 7.10. The largest absolute Gasteiger partial charge is 0.463 e. The summed E-state index contributed by atoms with van der Waals surface area (Å²) in [5.74, 6) is -1.08. The summed E-state index contributed by atoms with van der Waals surface area (Å²) < 4.78 is 4.65. The molecule has 1 aromatic carbocycles. The molecular weight excluding hydrogens is 246 g/mol. The number of hydrogen-bond donors (Lipinski definition) is 1. The molecule has 0 saturated carbocycles. The number of carbonyl (C=O) groups excluding carboxylic acids is 3. The Bertz CT molecular complexity index is 520. The lowest BCUT2D eigenvalue weighted by atomic mass is 10.1. The van der Waals surface area contributed by atoms with E-state index in [9.17, 15) is 14.4 Å². The number of esters is 1. The molecule has 0 bridgehead atoms. The molecule has 0 aromatic heterocycles. The molecule has 0 aliphatic heterocycles. The highest BCUT2D eigenvalue weighted by atomic mass is 16.5. The Balaban J connectivity index is 2.78. The predicted molar refractivity (Wildman–Crippen MR) is 71.0 cm³/mol. The summed E-state index contributed by atoms with van der Waals surface area (Å²) in [5.41, 5.74) is 1.59. The molecule has 0 heterocycles. The Morgan fingerprint density at radius 2 is 2.05 bits per heavy atom. The Kier molecular flexibility index (Phi) is 5.47. The average Bonchev–Trinajstić information content (AvgIpc) is 2.39. The molecule has 5 nitrogen and oxygen atoms in total. The van der Waals surface area contributed by atoms with Crippen molar-refractivity contribution in [1.29, 1.82) is 0 Å². The van der Waals surface area contributed by atoms with E-state index in [1.54, 1.807) is 32.0 Å². The Labute approximate surface area is 111 Å². The average molecular weight is 261 g/mol. The van der Waals surface area contributed by atoms with Crippen molar-refractivity contribution in [2.24, 2.45) is 0 Å². The molecule has 100 valence electrons. The van der Waals surface area contributed by atoms with Crippen LogP contribution in [0.25, 0.3) is 0 Å². The standard InChI is InChI=1S/C14H15NO4/c1-3-19-13(18)8-7-12(17)15-14-10(2)5-4-6-11(14)9-16/h4-9H,3H2,1-2H3,(H,15,17)/b8-7+. The molecular formula is C14H15NO4. The van der Waals surface area contributed by atoms with Crippen LogP contribution in [0.15, 0.2) is 30.4 Å². The van der Waals surface area contributed by atoms with Crippen LogP contribution in [0, 0.1) is 6.92 Å². The van der Waals surface area contributed by atoms with Gasteiger partial charge in [0, 0.05) is 17.7 Å². The summed E-state index contributed by atoms with van der Waals surface area (Å²) >= 11 is 0. The summed E-state index contributed by atoms with van der Waals surface area (Å²) in [4.78, 5) is 33.5. The van der Waals surface area contributed by atoms with Gasteiger partial charge in [-0.05, 0) is 25.5 Å². The molecule has 0 aliphatic rings. The molecule has 0 fully saturated rings. The first-order valence-electron chi connectivity index (χ1n) is 5.79. The van der Waals surface area contributed by atoms with E-state index < -0.39 is 11.9 Å². The smallest absolute Gasteiger partial charge is 0.330 e. The fraction of sp³-hybridized carbons (Fsp3) is 0.214. The molecule has 1 aromatic rings. The maximum atomic E-state index is 11.6. The molecule has 19 heavy (non-hydrogen) atoms. The zero-order chi connectivity index (χ0) is 14.3. The van der Waals surface area contributed by atoms with E-state index in [4.69, 9.17) is 0 Å². The molecule has 0 saturated heterocycles. The van der Waals surface area contributed by atoms with Crippen LogP contribution in [0.2, 0.25) is 0 Å². The van der Waals surface area contributed by atoms with Crippen molar-refractivity contribution in [2.45, 2.75) is 13.8 Å². The molecule has 0 unspecified atom stereocenters. The number of para-hydroxylation sites is 1. The quantitative estimate of drug-likeness (QED) is 0.499. The van der Waals surface area contributed by atoms with E-state index in [1.165, 1.54) is 0 Å². The number of aryl methyl sites for hydroxylation is 1. The number of ether oxygens (including phenoxy) is 1. The first kappa shape index (κ1) is 14.6. The summed E-state index contributed by atoms with van der Waals surface area (Å²) in [6.45, 7) is 3.70. The van der Waals surface area contributed by atoms with E-state index in [1.807, 2.05) is 0 Å². The third-order valence-electron chi connectivity index (χ3n) is 2.34. The Morgan fingerprint density at radius 3 is 2.68 bits per heavy atom. The molecule has 0 aliphatic carbocycles. The van der Waals surface area contributed by atoms with Crippen LogP contribution in [-0.4, -0.2) is 24.8 Å². The molecule has 0 radical (unpaired) electrons. The van der Waals surface area contributed by atoms with Crippen LogP contribution in [0.3, 0.4) is 0 Å². The van der Waals surface area contributed by atoms with Crippen LogP contribution < -0.4 is 5.32 Å². The highest BCUT2D eigenvalue weighted by Gasteiger charge is 2.07. The summed E-state index contributed by atoms with van der Waals surface area (Å²) in [6.07, 6.45) is 2.77. The highest BCUT2D eigenvalue weighted by molar-refractivity contribution is 6.05. The normalized spacial score (nSPS) is 10.2. The molecule has 1 rings (SSSR count). The zero-order valence-electron chi connectivity index (χ0n) is 10.8. The number of benzene rings is 1. The first-order valence-corrected chi connectivity index (χ1v) is 5.79. The van der Waals surface area contributed by atoms with Gasteiger partial charge in [-0.25, -0.2) is 4.79 Å². The molecule has 5 heteroatoms. The number of anilines is 1. The minimum absolute atomic E-state index is 0.248. The summed E-state index contributed by atoms with van der Waals surface area (Å²) in [6, 6.07) is 5.10. The van der Waals surface area contributed by atoms with Crippen molar-refractivity contribution in [3.8, 4) is 0 Å². The van der Waals surface area contributed by atoms with Crippen LogP contribution in [0.4, 0.5) is 5.69 Å². The minimum atomic E-state index is -0.585. The zero-order valence-corrected chi connectivity index (χ0v) is 10.8. The third kappa shape index (κ3) is 4.39. The number of aldehydes is 1. The van der Waals surface area contributed by atoms with Gasteiger partial charge in [0.15, 0.2) is 6.29 Å². The Hall–Kier alpha value is -2.43. The molecule has 0 atom stereocenters. The fourth-order valence-corrected chi connectivity index (χ4v) is 1.46. The van der Waals surface area contributed by atoms with E-state index in [0.717, 1.165) is 17.7 Å². The van der Waals surface area contributed by atoms with E-state index >= 15 is 0 Å². The van der Waals surface area contributed by atoms with Crippen molar-refractivity contribution >= 4 is 23.9 Å². The van der Waals surface area contributed by atoms with E-state index in [2.05, 4.69) is 10.1 Å². The summed E-state index contributed by atoms with van der Waals surface area (Å²) in [7, 11) is 0. The van der Waals surface area contributed by atoms with Crippen molar-refractivity contribution in [3.63, 3.8) is 0 Å². The van der Waals surface area contributed by atoms with Gasteiger partial charge in [-0.2, -0.15) is 0 Å². The van der Waals surface area contributed by atoms with Gasteiger partial charge >= 0.3 is 5.97 Å². The topological polar surface area (TPSA) is 72.5 Å². The number of hydrogen-bond acceptors (Lipinski definition) is 4. The maximum Gasteiger partial charge on any atom is 0.330 e. The van der Waals surface area contributed by atoms with Crippen LogP contribution in [0.1, 0.15) is 22.8 Å². The SMILES string of the molecule is CCOC(=O)/C=C/C(=O)Nc1c(C)cccc1C=O. The Morgan fingerprint density at radius 1 is 1.32 bits per heavy atom. The number of amides is 1. The van der Waals surface area contributed by atoms with Gasteiger partial charge in [-0.3, -0.25) is 9.59 Å². The molecule has 1 N–H and O–H groups in total. The van der Waals surface area contributed by atoms with Gasteiger partial charge in [-0.1, -0.05) is 12.1 Å². The van der Waals surface area contributed by atoms with Gasteiger partial charge < -0.3 is 10.1 Å². The van der Waals surface area contributed by atoms with Crippen molar-refractivity contribution in [1.82, 2.24) is 0 Å². The van der Waals surface area contributed by atoms with Crippen molar-refractivity contribution in [3.05, 3.63) is 41.5 Å². The fourth-order valence-electron chi connectivity index (χ4n) is 1.46. The maximum absolute atomic E-state index is 11.6. The summed E-state index contributed by atoms with van der Waals surface area (Å²) in [5, 5.41) is 2.56. The predicted octanol–water partition coefficient (Wildman–Crippen LogP) is 1.87. The van der Waals surface area contributed by atoms with Gasteiger partial charge in [0.25, 0.3) is 0 Å². The minimum Gasteiger partial charge on any atom is -0.463 e. The lowest BCUT2D eigenvalue weighted by Crippen LogP contribution is -2.12.